The summed E-state index contributed by atoms with van der Waals surface area (Å²) in [6.07, 6.45) is -11.1. The van der Waals surface area contributed by atoms with Crippen LogP contribution >= 0.6 is 0 Å². The molecule has 3 aliphatic heterocycles. The number of hydrogen-bond donors (Lipinski definition) is 10. The zero-order chi connectivity index (χ0) is 43.5. The van der Waals surface area contributed by atoms with Crippen LogP contribution in [-0.4, -0.2) is 162 Å². The number of carbonyl (C=O) groups excluding carboxylic acids is 1. The first-order valence-electron chi connectivity index (χ1n) is 20.7. The molecule has 2 aliphatic carbocycles. The summed E-state index contributed by atoms with van der Waals surface area (Å²) in [5, 5.41) is 47.2. The number of rotatable bonds is 11. The third kappa shape index (κ3) is 8.26. The fourth-order valence-corrected chi connectivity index (χ4v) is 9.16. The Morgan fingerprint density at radius 3 is 2.20 bits per heavy atom. The van der Waals surface area contributed by atoms with Gasteiger partial charge in [0.05, 0.1) is 42.3 Å². The van der Waals surface area contributed by atoms with Crippen LogP contribution in [0, 0.1) is 19.7 Å². The maximum Gasteiger partial charge on any atom is 0.344 e. The molecule has 4 heterocycles. The predicted molar refractivity (Wildman–Crippen MR) is 214 cm³/mol. The Balaban J connectivity index is 1.11. The van der Waals surface area contributed by atoms with Crippen molar-refractivity contribution in [1.29, 1.82) is 0 Å². The van der Waals surface area contributed by atoms with E-state index in [2.05, 4.69) is 5.32 Å². The van der Waals surface area contributed by atoms with E-state index < -0.39 is 109 Å². The first kappa shape index (κ1) is 44.9. The lowest BCUT2D eigenvalue weighted by Gasteiger charge is -2.47. The van der Waals surface area contributed by atoms with E-state index in [-0.39, 0.29) is 59.4 Å². The highest BCUT2D eigenvalue weighted by atomic mass is 19.1. The molecule has 7 rings (SSSR count). The molecule has 0 spiro atoms. The predicted octanol–water partition coefficient (Wildman–Crippen LogP) is -3.22. The standard InChI is InChI=1S/C39H61FN8O12/c1-14-12-47(8-7-46-14)29-26(40)15(2)24-28(36(29)55-4)48(17-5-6-17)16(3)25(31(24)51)37(54)56-13-23-30(50)27(45)32(52)39(58-23)60-35-19(43)9-18(42)34(33(35)53)59-38-20(44)10-21(49)22(11-41)57-38/h14,17-23,27,30,32-35,38-39,46,49-50,52-53H,5-13,41-45H2,1-4H3/t14?,18-,19+,20+,21-,22+,23+,27-,30+,32+,33-,34+,35-,38+,39?/m0/s1. The largest absolute Gasteiger partial charge is 0.492 e. The number of benzene rings is 1. The molecule has 2 unspecified atom stereocenters. The Bertz CT molecular complexity index is 1960. The lowest BCUT2D eigenvalue weighted by molar-refractivity contribution is -0.314. The van der Waals surface area contributed by atoms with Crippen LogP contribution in [0.3, 0.4) is 0 Å². The molecular formula is C39H61FN8O12. The van der Waals surface area contributed by atoms with Crippen molar-refractivity contribution in [1.82, 2.24) is 9.88 Å². The van der Waals surface area contributed by atoms with Gasteiger partial charge in [0.1, 0.15) is 54.5 Å². The van der Waals surface area contributed by atoms with E-state index in [9.17, 15) is 30.0 Å². The quantitative estimate of drug-likeness (QED) is 0.0995. The molecule has 0 amide bonds. The lowest BCUT2D eigenvalue weighted by atomic mass is 9.84. The number of aromatic nitrogens is 1. The highest BCUT2D eigenvalue weighted by Crippen LogP contribution is 2.46. The second kappa shape index (κ2) is 17.9. The molecule has 0 bridgehead atoms. The van der Waals surface area contributed by atoms with Crippen molar-refractivity contribution in [2.75, 3.05) is 44.8 Å². The number of aliphatic hydroxyl groups excluding tert-OH is 4. The third-order valence-electron chi connectivity index (χ3n) is 12.6. The van der Waals surface area contributed by atoms with Crippen LogP contribution in [0.5, 0.6) is 5.75 Å². The van der Waals surface area contributed by atoms with Crippen LogP contribution in [0.1, 0.15) is 60.3 Å². The van der Waals surface area contributed by atoms with Crippen molar-refractivity contribution in [2.45, 2.75) is 144 Å². The number of nitrogens with one attached hydrogen (secondary N) is 1. The SMILES string of the molecule is COc1c(N2CCNC(C)C2)c(F)c(C)c2c(=O)c(C(=O)OC[C@H]3OC(O[C@@H]4[C@@H](O)[C@H](O[C@H]5O[C@H](CN)[C@@H](O)C[C@H]5N)[C@@H](N)C[C@H]4N)[C@H](O)[C@@H](N)[C@@H]3O)c(C)n(C3CC3)c12. The van der Waals surface area contributed by atoms with Crippen molar-refractivity contribution >= 4 is 22.6 Å². The van der Waals surface area contributed by atoms with Gasteiger partial charge in [-0.1, -0.05) is 0 Å². The van der Waals surface area contributed by atoms with Crippen molar-refractivity contribution in [3.05, 3.63) is 32.9 Å². The van der Waals surface area contributed by atoms with Gasteiger partial charge in [-0.05, 0) is 46.5 Å². The number of hydrogen-bond acceptors (Lipinski definition) is 19. The Labute approximate surface area is 346 Å². The minimum atomic E-state index is -1.64. The maximum atomic E-state index is 16.5. The van der Waals surface area contributed by atoms with Gasteiger partial charge in [-0.15, -0.1) is 0 Å². The number of carbonyl (C=O) groups is 1. The highest BCUT2D eigenvalue weighted by molar-refractivity contribution is 6.00. The fraction of sp³-hybridized carbons (Fsp3) is 0.744. The van der Waals surface area contributed by atoms with Crippen LogP contribution in [-0.2, 0) is 23.7 Å². The molecule has 1 aromatic heterocycles. The molecule has 60 heavy (non-hydrogen) atoms. The van der Waals surface area contributed by atoms with E-state index >= 15 is 4.39 Å². The van der Waals surface area contributed by atoms with Gasteiger partial charge >= 0.3 is 5.97 Å². The Morgan fingerprint density at radius 1 is 0.933 bits per heavy atom. The summed E-state index contributed by atoms with van der Waals surface area (Å²) in [6.45, 7) is 6.15. The van der Waals surface area contributed by atoms with Gasteiger partial charge in [0, 0.05) is 61.6 Å². The molecule has 3 saturated heterocycles. The molecule has 15 atom stereocenters. The number of nitrogens with two attached hydrogens (primary N) is 5. The summed E-state index contributed by atoms with van der Waals surface area (Å²) in [6, 6.07) is -3.85. The zero-order valence-electron chi connectivity index (χ0n) is 34.3. The normalized spacial score (nSPS) is 37.6. The fourth-order valence-electron chi connectivity index (χ4n) is 9.16. The first-order chi connectivity index (χ1) is 28.5. The van der Waals surface area contributed by atoms with Crippen molar-refractivity contribution in [3.8, 4) is 5.75 Å². The number of methoxy groups -OCH3 is 1. The third-order valence-corrected chi connectivity index (χ3v) is 12.6. The molecule has 5 fully saturated rings. The molecular weight excluding hydrogens is 791 g/mol. The summed E-state index contributed by atoms with van der Waals surface area (Å²) >= 11 is 0. The minimum absolute atomic E-state index is 0.00399. The van der Waals surface area contributed by atoms with Crippen molar-refractivity contribution in [3.63, 3.8) is 0 Å². The van der Waals surface area contributed by atoms with Gasteiger partial charge in [0.2, 0.25) is 5.43 Å². The molecule has 5 aliphatic rings. The van der Waals surface area contributed by atoms with E-state index in [1.165, 1.54) is 14.0 Å². The van der Waals surface area contributed by atoms with Crippen molar-refractivity contribution in [2.24, 2.45) is 28.7 Å². The summed E-state index contributed by atoms with van der Waals surface area (Å²) in [7, 11) is 1.43. The number of anilines is 1. The number of nitrogens with zero attached hydrogens (tertiary/aromatic N) is 2. The molecule has 0 radical (unpaired) electrons. The number of pyridine rings is 1. The topological polar surface area (TPSA) is 321 Å². The average molecular weight is 853 g/mol. The summed E-state index contributed by atoms with van der Waals surface area (Å²) in [5.41, 5.74) is 30.8. The summed E-state index contributed by atoms with van der Waals surface area (Å²) < 4.78 is 53.6. The highest BCUT2D eigenvalue weighted by Gasteiger charge is 2.51. The van der Waals surface area contributed by atoms with Crippen LogP contribution in [0.15, 0.2) is 4.79 Å². The van der Waals surface area contributed by atoms with Crippen molar-refractivity contribution < 1.29 is 58.0 Å². The second-order valence-corrected chi connectivity index (χ2v) is 16.9. The monoisotopic (exact) mass is 852 g/mol. The molecule has 336 valence electrons. The molecule has 2 aromatic rings. The molecule has 15 N–H and O–H groups in total. The number of piperazine rings is 1. The number of aryl methyl sites for hydroxylation is 1. The molecule has 21 heteroatoms. The number of aliphatic hydroxyl groups is 4. The lowest BCUT2D eigenvalue weighted by Crippen LogP contribution is -2.68. The van der Waals surface area contributed by atoms with E-state index in [0.717, 1.165) is 12.8 Å². The van der Waals surface area contributed by atoms with E-state index in [0.29, 0.717) is 30.8 Å². The van der Waals surface area contributed by atoms with E-state index in [1.54, 1.807) is 6.92 Å². The van der Waals surface area contributed by atoms with Gasteiger partial charge in [0.25, 0.3) is 0 Å². The second-order valence-electron chi connectivity index (χ2n) is 16.9. The minimum Gasteiger partial charge on any atom is -0.492 e. The summed E-state index contributed by atoms with van der Waals surface area (Å²) in [5.74, 6) is -1.46. The Morgan fingerprint density at radius 2 is 1.58 bits per heavy atom. The summed E-state index contributed by atoms with van der Waals surface area (Å²) in [4.78, 5) is 30.2. The Kier molecular flexibility index (Phi) is 13.4. The average Bonchev–Trinajstić information content (AvgIpc) is 4.04. The molecule has 2 saturated carbocycles. The van der Waals surface area contributed by atoms with E-state index in [1.807, 2.05) is 16.4 Å². The Hall–Kier alpha value is -3.13. The number of ether oxygens (including phenoxy) is 6. The zero-order valence-corrected chi connectivity index (χ0v) is 34.3. The van der Waals surface area contributed by atoms with Crippen LogP contribution in [0.2, 0.25) is 0 Å². The number of fused-ring (bicyclic) bond motifs is 1. The van der Waals surface area contributed by atoms with Crippen LogP contribution in [0.4, 0.5) is 10.1 Å². The van der Waals surface area contributed by atoms with Crippen LogP contribution in [0.25, 0.3) is 10.9 Å². The van der Waals surface area contributed by atoms with Gasteiger partial charge in [-0.3, -0.25) is 4.79 Å². The van der Waals surface area contributed by atoms with Gasteiger partial charge in [-0.2, -0.15) is 0 Å². The van der Waals surface area contributed by atoms with Gasteiger partial charge < -0.3 is 92.3 Å². The number of halogens is 1. The number of esters is 1. The van der Waals surface area contributed by atoms with Gasteiger partial charge in [-0.25, -0.2) is 9.18 Å². The van der Waals surface area contributed by atoms with E-state index in [4.69, 9.17) is 57.1 Å². The molecule has 20 nitrogen and oxygen atoms in total. The van der Waals surface area contributed by atoms with Crippen LogP contribution < -0.4 is 49.1 Å². The maximum absolute atomic E-state index is 16.5. The molecule has 1 aromatic carbocycles. The van der Waals surface area contributed by atoms with Gasteiger partial charge in [0.15, 0.2) is 24.1 Å². The smallest absolute Gasteiger partial charge is 0.344 e. The first-order valence-corrected chi connectivity index (χ1v) is 20.7.